The molecule has 0 amide bonds. The largest absolute Gasteiger partial charge is 0.487 e. The van der Waals surface area contributed by atoms with Crippen molar-refractivity contribution in [2.24, 2.45) is 0 Å². The molecule has 182 valence electrons. The number of β-amino-alcohol motifs (C(OH)–C–C–N with tert-alkyl or cyclic N) is 1. The smallest absolute Gasteiger partial charge is 0.200 e. The molecule has 1 aromatic heterocycles. The second-order valence-corrected chi connectivity index (χ2v) is 9.11. The molecule has 1 unspecified atom stereocenters. The lowest BCUT2D eigenvalue weighted by atomic mass is 10.1. The molecule has 1 atom stereocenters. The number of hydrogen-bond acceptors (Lipinski definition) is 7. The maximum absolute atomic E-state index is 12.9. The van der Waals surface area contributed by atoms with Crippen molar-refractivity contribution in [2.75, 3.05) is 46.1 Å². The molecule has 2 heterocycles. The normalized spacial score (nSPS) is 15.9. The summed E-state index contributed by atoms with van der Waals surface area (Å²) in [6.45, 7) is 4.55. The number of fused-ring (bicyclic) bond motifs is 2. The van der Waals surface area contributed by atoms with Crippen LogP contribution in [0.1, 0.15) is 0 Å². The quantitative estimate of drug-likeness (QED) is 0.371. The van der Waals surface area contributed by atoms with E-state index in [-0.39, 0.29) is 12.0 Å². The summed E-state index contributed by atoms with van der Waals surface area (Å²) in [7, 11) is 0. The van der Waals surface area contributed by atoms with Crippen molar-refractivity contribution in [1.82, 2.24) is 9.80 Å². The van der Waals surface area contributed by atoms with Gasteiger partial charge in [0, 0.05) is 43.8 Å². The number of rotatable bonds is 8. The standard InChI is InChI=1S/C27H27ClN2O5/c28-19-9-10-22-25(15-19)35-27-23(26(22)32)7-4-8-24(27)33-17-20(31)16-29-11-13-30(14-12-29)18-34-21-5-2-1-3-6-21/h1-10,15,20,31H,11-14,16-18H2. The summed E-state index contributed by atoms with van der Waals surface area (Å²) in [6.07, 6.45) is -0.681. The number of nitrogens with zero attached hydrogens (tertiary/aromatic N) is 2. The topological polar surface area (TPSA) is 75.4 Å². The van der Waals surface area contributed by atoms with Crippen molar-refractivity contribution in [3.8, 4) is 11.5 Å². The first kappa shape index (κ1) is 23.6. The van der Waals surface area contributed by atoms with Crippen molar-refractivity contribution in [2.45, 2.75) is 6.10 Å². The Bertz CT molecular complexity index is 1350. The summed E-state index contributed by atoms with van der Waals surface area (Å²) < 4.78 is 17.7. The molecule has 0 saturated carbocycles. The van der Waals surface area contributed by atoms with Gasteiger partial charge >= 0.3 is 0 Å². The van der Waals surface area contributed by atoms with E-state index in [4.69, 9.17) is 25.5 Å². The Hall–Kier alpha value is -3.10. The van der Waals surface area contributed by atoms with Crippen LogP contribution in [0.5, 0.6) is 11.5 Å². The number of halogens is 1. The van der Waals surface area contributed by atoms with Crippen molar-refractivity contribution in [3.05, 3.63) is 82.0 Å². The zero-order valence-electron chi connectivity index (χ0n) is 19.2. The number of hydrogen-bond donors (Lipinski definition) is 1. The Morgan fingerprint density at radius 3 is 2.49 bits per heavy atom. The minimum Gasteiger partial charge on any atom is -0.487 e. The van der Waals surface area contributed by atoms with Gasteiger partial charge in [-0.15, -0.1) is 0 Å². The van der Waals surface area contributed by atoms with Crippen LogP contribution in [0, 0.1) is 0 Å². The van der Waals surface area contributed by atoms with E-state index in [1.165, 1.54) is 0 Å². The van der Waals surface area contributed by atoms with Gasteiger partial charge in [0.15, 0.2) is 11.3 Å². The molecule has 1 aliphatic rings. The van der Waals surface area contributed by atoms with E-state index in [0.29, 0.717) is 46.0 Å². The Balaban J connectivity index is 1.16. The van der Waals surface area contributed by atoms with E-state index >= 15 is 0 Å². The highest BCUT2D eigenvalue weighted by Crippen LogP contribution is 2.28. The highest BCUT2D eigenvalue weighted by Gasteiger charge is 2.20. The molecule has 1 N–H and O–H groups in total. The third-order valence-electron chi connectivity index (χ3n) is 6.15. The fourth-order valence-corrected chi connectivity index (χ4v) is 4.42. The lowest BCUT2D eigenvalue weighted by Gasteiger charge is -2.35. The average molecular weight is 495 g/mol. The number of aliphatic hydroxyl groups excluding tert-OH is 1. The second kappa shape index (κ2) is 10.7. The Kier molecular flexibility index (Phi) is 7.20. The number of piperazine rings is 1. The molecule has 0 radical (unpaired) electrons. The fourth-order valence-electron chi connectivity index (χ4n) is 4.26. The van der Waals surface area contributed by atoms with Crippen molar-refractivity contribution >= 4 is 33.5 Å². The molecule has 7 nitrogen and oxygen atoms in total. The van der Waals surface area contributed by atoms with Gasteiger partial charge in [-0.3, -0.25) is 14.6 Å². The average Bonchev–Trinajstić information content (AvgIpc) is 2.88. The van der Waals surface area contributed by atoms with Gasteiger partial charge in [-0.1, -0.05) is 35.9 Å². The van der Waals surface area contributed by atoms with Crippen LogP contribution in [-0.2, 0) is 0 Å². The molecular formula is C27H27ClN2O5. The molecule has 8 heteroatoms. The first-order valence-electron chi connectivity index (χ1n) is 11.7. The molecule has 0 bridgehead atoms. The van der Waals surface area contributed by atoms with E-state index in [1.807, 2.05) is 30.3 Å². The van der Waals surface area contributed by atoms with Gasteiger partial charge in [-0.25, -0.2) is 0 Å². The summed E-state index contributed by atoms with van der Waals surface area (Å²) in [6, 6.07) is 19.9. The van der Waals surface area contributed by atoms with E-state index in [0.717, 1.165) is 31.9 Å². The summed E-state index contributed by atoms with van der Waals surface area (Å²) in [4.78, 5) is 17.3. The second-order valence-electron chi connectivity index (χ2n) is 8.67. The predicted molar refractivity (Wildman–Crippen MR) is 136 cm³/mol. The Morgan fingerprint density at radius 1 is 0.914 bits per heavy atom. The van der Waals surface area contributed by atoms with Crippen LogP contribution in [0.25, 0.3) is 21.9 Å². The van der Waals surface area contributed by atoms with Crippen LogP contribution in [0.2, 0.25) is 5.02 Å². The Labute approximate surface area is 208 Å². The molecule has 5 rings (SSSR count). The van der Waals surface area contributed by atoms with Gasteiger partial charge in [0.05, 0.1) is 10.8 Å². The first-order valence-corrected chi connectivity index (χ1v) is 12.0. The summed E-state index contributed by atoms with van der Waals surface area (Å²) >= 11 is 6.07. The van der Waals surface area contributed by atoms with Gasteiger partial charge in [-0.05, 0) is 36.4 Å². The minimum absolute atomic E-state index is 0.0910. The fraction of sp³-hybridized carbons (Fsp3) is 0.296. The molecular weight excluding hydrogens is 468 g/mol. The molecule has 3 aromatic carbocycles. The summed E-state index contributed by atoms with van der Waals surface area (Å²) in [5.41, 5.74) is 0.616. The lowest BCUT2D eigenvalue weighted by molar-refractivity contribution is 0.0276. The number of benzene rings is 3. The summed E-state index contributed by atoms with van der Waals surface area (Å²) in [5, 5.41) is 12.0. The predicted octanol–water partition coefficient (Wildman–Crippen LogP) is 3.99. The molecule has 0 aliphatic carbocycles. The van der Waals surface area contributed by atoms with E-state index < -0.39 is 6.10 Å². The Morgan fingerprint density at radius 2 is 1.69 bits per heavy atom. The number of para-hydroxylation sites is 2. The first-order chi connectivity index (χ1) is 17.1. The van der Waals surface area contributed by atoms with Crippen LogP contribution in [0.4, 0.5) is 0 Å². The van der Waals surface area contributed by atoms with Crippen molar-refractivity contribution in [1.29, 1.82) is 0 Å². The van der Waals surface area contributed by atoms with Crippen LogP contribution in [0.3, 0.4) is 0 Å². The molecule has 4 aromatic rings. The van der Waals surface area contributed by atoms with Crippen LogP contribution < -0.4 is 14.9 Å². The zero-order chi connectivity index (χ0) is 24.2. The third-order valence-corrected chi connectivity index (χ3v) is 6.38. The SMILES string of the molecule is O=c1c2ccc(Cl)cc2oc2c(OCC(O)CN3CCN(COc4ccccc4)CC3)cccc12. The van der Waals surface area contributed by atoms with Crippen LogP contribution in [-0.4, -0.2) is 67.1 Å². The number of aliphatic hydroxyl groups is 1. The van der Waals surface area contributed by atoms with E-state index in [1.54, 1.807) is 36.4 Å². The monoisotopic (exact) mass is 494 g/mol. The molecule has 1 aliphatic heterocycles. The molecule has 35 heavy (non-hydrogen) atoms. The van der Waals surface area contributed by atoms with Crippen LogP contribution >= 0.6 is 11.6 Å². The molecule has 1 saturated heterocycles. The van der Waals surface area contributed by atoms with E-state index in [2.05, 4.69) is 9.80 Å². The van der Waals surface area contributed by atoms with Gasteiger partial charge in [0.2, 0.25) is 5.43 Å². The highest BCUT2D eigenvalue weighted by molar-refractivity contribution is 6.31. The maximum Gasteiger partial charge on any atom is 0.200 e. The van der Waals surface area contributed by atoms with Gasteiger partial charge in [0.1, 0.15) is 30.8 Å². The third kappa shape index (κ3) is 5.60. The highest BCUT2D eigenvalue weighted by atomic mass is 35.5. The lowest BCUT2D eigenvalue weighted by Crippen LogP contribution is -2.50. The van der Waals surface area contributed by atoms with Crippen molar-refractivity contribution < 1.29 is 19.0 Å². The molecule has 1 fully saturated rings. The van der Waals surface area contributed by atoms with E-state index in [9.17, 15) is 9.90 Å². The minimum atomic E-state index is -0.681. The molecule has 0 spiro atoms. The van der Waals surface area contributed by atoms with Crippen LogP contribution in [0.15, 0.2) is 75.9 Å². The summed E-state index contributed by atoms with van der Waals surface area (Å²) in [5.74, 6) is 1.28. The van der Waals surface area contributed by atoms with Gasteiger partial charge in [-0.2, -0.15) is 0 Å². The number of ether oxygens (including phenoxy) is 2. The van der Waals surface area contributed by atoms with Gasteiger partial charge < -0.3 is 19.0 Å². The maximum atomic E-state index is 12.9. The van der Waals surface area contributed by atoms with Gasteiger partial charge in [0.25, 0.3) is 0 Å². The van der Waals surface area contributed by atoms with Crippen molar-refractivity contribution in [3.63, 3.8) is 0 Å². The zero-order valence-corrected chi connectivity index (χ0v) is 20.0.